The highest BCUT2D eigenvalue weighted by Crippen LogP contribution is 2.09. The molecule has 0 spiro atoms. The normalized spacial score (nSPS) is 10.2. The summed E-state index contributed by atoms with van der Waals surface area (Å²) >= 11 is 1.65. The molecule has 0 unspecified atom stereocenters. The zero-order valence-electron chi connectivity index (χ0n) is 10.8. The van der Waals surface area contributed by atoms with Crippen molar-refractivity contribution < 1.29 is 4.79 Å². The number of carbonyl (C=O) groups is 1. The van der Waals surface area contributed by atoms with Gasteiger partial charge in [-0.05, 0) is 19.1 Å². The molecule has 2 aromatic heterocycles. The van der Waals surface area contributed by atoms with E-state index in [-0.39, 0.29) is 5.91 Å². The van der Waals surface area contributed by atoms with E-state index in [2.05, 4.69) is 31.2 Å². The predicted octanol–water partition coefficient (Wildman–Crippen LogP) is 1.26. The largest absolute Gasteiger partial charge is 0.368 e. The zero-order chi connectivity index (χ0) is 13.7. The number of thiazole rings is 1. The Hall–Kier alpha value is -2.02. The van der Waals surface area contributed by atoms with E-state index < -0.39 is 0 Å². The SMILES string of the molecule is CNC(=O)c1ccc(NCCc2csc(C)n2)nn1. The summed E-state index contributed by atoms with van der Waals surface area (Å²) in [5.74, 6) is 0.414. The number of amides is 1. The van der Waals surface area contributed by atoms with Crippen LogP contribution in [-0.2, 0) is 6.42 Å². The molecule has 100 valence electrons. The van der Waals surface area contributed by atoms with Gasteiger partial charge in [0.15, 0.2) is 5.69 Å². The monoisotopic (exact) mass is 277 g/mol. The third-order valence-corrected chi connectivity index (χ3v) is 3.30. The van der Waals surface area contributed by atoms with Crippen LogP contribution in [-0.4, -0.2) is 34.7 Å². The van der Waals surface area contributed by atoms with E-state index in [1.165, 1.54) is 0 Å². The van der Waals surface area contributed by atoms with E-state index in [1.807, 2.05) is 6.92 Å². The molecule has 2 rings (SSSR count). The van der Waals surface area contributed by atoms with Gasteiger partial charge in [0.1, 0.15) is 5.82 Å². The van der Waals surface area contributed by atoms with Crippen molar-refractivity contribution in [3.63, 3.8) is 0 Å². The van der Waals surface area contributed by atoms with Crippen molar-refractivity contribution in [3.05, 3.63) is 33.9 Å². The quantitative estimate of drug-likeness (QED) is 0.860. The first-order chi connectivity index (χ1) is 9.19. The minimum Gasteiger partial charge on any atom is -0.368 e. The summed E-state index contributed by atoms with van der Waals surface area (Å²) in [6.45, 7) is 2.72. The zero-order valence-corrected chi connectivity index (χ0v) is 11.6. The molecule has 19 heavy (non-hydrogen) atoms. The van der Waals surface area contributed by atoms with Crippen LogP contribution in [0.1, 0.15) is 21.2 Å². The van der Waals surface area contributed by atoms with Crippen LogP contribution in [0.4, 0.5) is 5.82 Å². The molecule has 0 atom stereocenters. The molecule has 0 aliphatic heterocycles. The molecule has 0 saturated carbocycles. The van der Waals surface area contributed by atoms with Crippen molar-refractivity contribution in [1.29, 1.82) is 0 Å². The van der Waals surface area contributed by atoms with Gasteiger partial charge in [-0.15, -0.1) is 21.5 Å². The Labute approximate surface area is 115 Å². The van der Waals surface area contributed by atoms with Crippen molar-refractivity contribution >= 4 is 23.1 Å². The predicted molar refractivity (Wildman–Crippen MR) is 74.5 cm³/mol. The Balaban J connectivity index is 1.84. The second-order valence-electron chi connectivity index (χ2n) is 3.92. The maximum Gasteiger partial charge on any atom is 0.271 e. The summed E-state index contributed by atoms with van der Waals surface area (Å²) in [6, 6.07) is 3.38. The van der Waals surface area contributed by atoms with Gasteiger partial charge in [-0.3, -0.25) is 4.79 Å². The Bertz CT molecular complexity index is 552. The number of carbonyl (C=O) groups excluding carboxylic acids is 1. The van der Waals surface area contributed by atoms with Gasteiger partial charge in [-0.2, -0.15) is 0 Å². The van der Waals surface area contributed by atoms with Gasteiger partial charge in [0.2, 0.25) is 0 Å². The minimum absolute atomic E-state index is 0.239. The molecule has 0 bridgehead atoms. The molecule has 1 amide bonds. The van der Waals surface area contributed by atoms with Gasteiger partial charge in [-0.25, -0.2) is 4.98 Å². The highest BCUT2D eigenvalue weighted by atomic mass is 32.1. The van der Waals surface area contributed by atoms with Crippen LogP contribution in [0.3, 0.4) is 0 Å². The van der Waals surface area contributed by atoms with E-state index in [9.17, 15) is 4.79 Å². The van der Waals surface area contributed by atoms with Crippen molar-refractivity contribution in [2.24, 2.45) is 0 Å². The van der Waals surface area contributed by atoms with Crippen LogP contribution in [0.5, 0.6) is 0 Å². The number of aromatic nitrogens is 3. The lowest BCUT2D eigenvalue weighted by molar-refractivity contribution is 0.0957. The van der Waals surface area contributed by atoms with Crippen molar-refractivity contribution in [1.82, 2.24) is 20.5 Å². The van der Waals surface area contributed by atoms with Crippen molar-refractivity contribution in [2.75, 3.05) is 18.9 Å². The van der Waals surface area contributed by atoms with E-state index >= 15 is 0 Å². The minimum atomic E-state index is -0.239. The average molecular weight is 277 g/mol. The van der Waals surface area contributed by atoms with E-state index in [0.29, 0.717) is 11.5 Å². The van der Waals surface area contributed by atoms with E-state index in [1.54, 1.807) is 30.5 Å². The first kappa shape index (κ1) is 13.4. The fraction of sp³-hybridized carbons (Fsp3) is 0.333. The van der Waals surface area contributed by atoms with Crippen LogP contribution in [0.2, 0.25) is 0 Å². The molecular weight excluding hydrogens is 262 g/mol. The molecule has 0 fully saturated rings. The van der Waals surface area contributed by atoms with Crippen molar-refractivity contribution in [2.45, 2.75) is 13.3 Å². The molecule has 0 aliphatic rings. The van der Waals surface area contributed by atoms with Gasteiger partial charge >= 0.3 is 0 Å². The highest BCUT2D eigenvalue weighted by Gasteiger charge is 2.05. The second-order valence-corrected chi connectivity index (χ2v) is 4.98. The molecule has 2 heterocycles. The molecular formula is C12H15N5OS. The number of hydrogen-bond acceptors (Lipinski definition) is 6. The molecule has 6 nitrogen and oxygen atoms in total. The van der Waals surface area contributed by atoms with Gasteiger partial charge in [0, 0.05) is 25.4 Å². The van der Waals surface area contributed by atoms with Crippen molar-refractivity contribution in [3.8, 4) is 0 Å². The van der Waals surface area contributed by atoms with Gasteiger partial charge < -0.3 is 10.6 Å². The van der Waals surface area contributed by atoms with Crippen LogP contribution in [0.15, 0.2) is 17.5 Å². The maximum atomic E-state index is 11.3. The van der Waals surface area contributed by atoms with Crippen LogP contribution in [0.25, 0.3) is 0 Å². The summed E-state index contributed by atoms with van der Waals surface area (Å²) in [4.78, 5) is 15.7. The number of nitrogens with zero attached hydrogens (tertiary/aromatic N) is 3. The summed E-state index contributed by atoms with van der Waals surface area (Å²) in [5, 5.41) is 16.6. The lowest BCUT2D eigenvalue weighted by atomic mass is 10.3. The number of aryl methyl sites for hydroxylation is 1. The van der Waals surface area contributed by atoms with E-state index in [0.717, 1.165) is 23.7 Å². The van der Waals surface area contributed by atoms with Gasteiger partial charge in [0.25, 0.3) is 5.91 Å². The maximum absolute atomic E-state index is 11.3. The average Bonchev–Trinajstić information content (AvgIpc) is 2.84. The lowest BCUT2D eigenvalue weighted by Gasteiger charge is -2.04. The Morgan fingerprint density at radius 3 is 2.79 bits per heavy atom. The smallest absolute Gasteiger partial charge is 0.271 e. The summed E-state index contributed by atoms with van der Waals surface area (Å²) < 4.78 is 0. The highest BCUT2D eigenvalue weighted by molar-refractivity contribution is 7.09. The van der Waals surface area contributed by atoms with Crippen LogP contribution in [0, 0.1) is 6.92 Å². The fourth-order valence-electron chi connectivity index (χ4n) is 1.52. The first-order valence-corrected chi connectivity index (χ1v) is 6.77. The lowest BCUT2D eigenvalue weighted by Crippen LogP contribution is -2.20. The third-order valence-electron chi connectivity index (χ3n) is 2.48. The van der Waals surface area contributed by atoms with Gasteiger partial charge in [-0.1, -0.05) is 0 Å². The summed E-state index contributed by atoms with van der Waals surface area (Å²) in [7, 11) is 1.56. The van der Waals surface area contributed by atoms with Crippen LogP contribution >= 0.6 is 11.3 Å². The summed E-state index contributed by atoms with van der Waals surface area (Å²) in [6.07, 6.45) is 0.837. The van der Waals surface area contributed by atoms with E-state index in [4.69, 9.17) is 0 Å². The first-order valence-electron chi connectivity index (χ1n) is 5.89. The number of rotatable bonds is 5. The molecule has 0 radical (unpaired) electrons. The van der Waals surface area contributed by atoms with Gasteiger partial charge in [0.05, 0.1) is 10.7 Å². The topological polar surface area (TPSA) is 79.8 Å². The number of hydrogen-bond donors (Lipinski definition) is 2. The molecule has 2 N–H and O–H groups in total. The molecule has 0 saturated heterocycles. The molecule has 0 aromatic carbocycles. The Kier molecular flexibility index (Phi) is 4.40. The third kappa shape index (κ3) is 3.72. The second kappa shape index (κ2) is 6.24. The summed E-state index contributed by atoms with van der Waals surface area (Å²) in [5.41, 5.74) is 1.38. The van der Waals surface area contributed by atoms with Crippen LogP contribution < -0.4 is 10.6 Å². The molecule has 0 aliphatic carbocycles. The molecule has 2 aromatic rings. The fourth-order valence-corrected chi connectivity index (χ4v) is 2.16. The number of anilines is 1. The Morgan fingerprint density at radius 2 is 2.21 bits per heavy atom. The number of nitrogens with one attached hydrogen (secondary N) is 2. The Morgan fingerprint density at radius 1 is 1.37 bits per heavy atom. The standard InChI is InChI=1S/C12H15N5OS/c1-8-15-9(7-19-8)5-6-14-11-4-3-10(16-17-11)12(18)13-2/h3-4,7H,5-6H2,1-2H3,(H,13,18)(H,14,17). The molecule has 7 heteroatoms.